The van der Waals surface area contributed by atoms with Crippen LogP contribution in [0.1, 0.15) is 22.8 Å². The van der Waals surface area contributed by atoms with Gasteiger partial charge in [0, 0.05) is 23.0 Å². The minimum absolute atomic E-state index is 0.0272. The van der Waals surface area contributed by atoms with Gasteiger partial charge in [-0.2, -0.15) is 0 Å². The quantitative estimate of drug-likeness (QED) is 0.805. The van der Waals surface area contributed by atoms with E-state index >= 15 is 0 Å². The second-order valence-electron chi connectivity index (χ2n) is 6.98. The number of hydrogen-bond acceptors (Lipinski definition) is 4. The molecule has 27 heavy (non-hydrogen) atoms. The molecule has 142 valence electrons. The van der Waals surface area contributed by atoms with Gasteiger partial charge in [-0.1, -0.05) is 30.3 Å². The number of benzene rings is 2. The Morgan fingerprint density at radius 3 is 2.67 bits per heavy atom. The predicted molar refractivity (Wildman–Crippen MR) is 110 cm³/mol. The van der Waals surface area contributed by atoms with Gasteiger partial charge in [-0.3, -0.25) is 9.59 Å². The number of nitrogens with zero attached hydrogens (tertiary/aromatic N) is 1. The molecule has 0 fully saturated rings. The Morgan fingerprint density at radius 1 is 1.22 bits per heavy atom. The molecule has 2 aromatic carbocycles. The summed E-state index contributed by atoms with van der Waals surface area (Å²) in [5, 5.41) is 5.79. The molecule has 2 N–H and O–H groups in total. The number of nitrogens with one attached hydrogen (secondary N) is 2. The highest BCUT2D eigenvalue weighted by molar-refractivity contribution is 8.00. The third-order valence-corrected chi connectivity index (χ3v) is 5.89. The summed E-state index contributed by atoms with van der Waals surface area (Å²) in [6, 6.07) is 15.9. The predicted octanol–water partition coefficient (Wildman–Crippen LogP) is 3.02. The van der Waals surface area contributed by atoms with Crippen molar-refractivity contribution in [2.45, 2.75) is 29.5 Å². The van der Waals surface area contributed by atoms with Crippen LogP contribution in [-0.4, -0.2) is 48.6 Å². The minimum Gasteiger partial charge on any atom is -0.350 e. The van der Waals surface area contributed by atoms with Gasteiger partial charge in [0.1, 0.15) is 0 Å². The average molecular weight is 384 g/mol. The molecule has 0 spiro atoms. The smallest absolute Gasteiger partial charge is 0.251 e. The van der Waals surface area contributed by atoms with Gasteiger partial charge in [0.05, 0.1) is 10.9 Å². The van der Waals surface area contributed by atoms with Gasteiger partial charge in [-0.25, -0.2) is 0 Å². The van der Waals surface area contributed by atoms with Crippen LogP contribution in [0.5, 0.6) is 0 Å². The van der Waals surface area contributed by atoms with Crippen molar-refractivity contribution in [3.8, 4) is 0 Å². The molecule has 3 rings (SSSR count). The van der Waals surface area contributed by atoms with Crippen molar-refractivity contribution in [2.24, 2.45) is 0 Å². The number of carbonyl (C=O) groups is 2. The van der Waals surface area contributed by atoms with Crippen molar-refractivity contribution in [1.29, 1.82) is 0 Å². The fourth-order valence-electron chi connectivity index (χ4n) is 2.99. The molecule has 2 unspecified atom stereocenters. The van der Waals surface area contributed by atoms with Crippen LogP contribution in [0.15, 0.2) is 53.4 Å². The zero-order chi connectivity index (χ0) is 19.4. The summed E-state index contributed by atoms with van der Waals surface area (Å²) in [6.07, 6.45) is 0.864. The summed E-state index contributed by atoms with van der Waals surface area (Å²) in [7, 11) is 4.04. The number of likely N-dealkylation sites (N-methyl/N-ethyl adjacent to an activating group) is 1. The molecule has 0 saturated heterocycles. The molecule has 1 heterocycles. The van der Waals surface area contributed by atoms with Crippen LogP contribution in [0.2, 0.25) is 0 Å². The van der Waals surface area contributed by atoms with E-state index in [-0.39, 0.29) is 23.1 Å². The maximum atomic E-state index is 12.6. The van der Waals surface area contributed by atoms with Crippen molar-refractivity contribution in [2.75, 3.05) is 26.0 Å². The summed E-state index contributed by atoms with van der Waals surface area (Å²) in [5.74, 6) is -0.156. The number of carbonyl (C=O) groups excluding carboxylic acids is 2. The molecule has 2 atom stereocenters. The number of amides is 2. The molecule has 0 aliphatic carbocycles. The van der Waals surface area contributed by atoms with Gasteiger partial charge >= 0.3 is 0 Å². The van der Waals surface area contributed by atoms with Gasteiger partial charge < -0.3 is 15.5 Å². The molecule has 0 radical (unpaired) electrons. The highest BCUT2D eigenvalue weighted by Crippen LogP contribution is 2.35. The SMILES string of the molecule is CC1Sc2ccc(C(=O)NCC(Cc3ccccc3)N(C)C)cc2NC1=O. The van der Waals surface area contributed by atoms with Crippen LogP contribution in [0.25, 0.3) is 0 Å². The number of thioether (sulfide) groups is 1. The monoisotopic (exact) mass is 383 g/mol. The molecule has 5 nitrogen and oxygen atoms in total. The van der Waals surface area contributed by atoms with E-state index in [1.165, 1.54) is 17.3 Å². The van der Waals surface area contributed by atoms with E-state index < -0.39 is 0 Å². The lowest BCUT2D eigenvalue weighted by Crippen LogP contribution is -2.41. The molecular formula is C21H25N3O2S. The molecule has 0 aromatic heterocycles. The van der Waals surface area contributed by atoms with Gasteiger partial charge in [-0.15, -0.1) is 11.8 Å². The summed E-state index contributed by atoms with van der Waals surface area (Å²) in [6.45, 7) is 2.42. The highest BCUT2D eigenvalue weighted by Gasteiger charge is 2.24. The van der Waals surface area contributed by atoms with E-state index in [1.807, 2.05) is 51.4 Å². The van der Waals surface area contributed by atoms with E-state index in [0.29, 0.717) is 17.8 Å². The molecular weight excluding hydrogens is 358 g/mol. The topological polar surface area (TPSA) is 61.4 Å². The van der Waals surface area contributed by atoms with Crippen LogP contribution in [0, 0.1) is 0 Å². The zero-order valence-corrected chi connectivity index (χ0v) is 16.7. The Labute approximate surface area is 164 Å². The van der Waals surface area contributed by atoms with Crippen molar-refractivity contribution in [1.82, 2.24) is 10.2 Å². The van der Waals surface area contributed by atoms with Gasteiger partial charge in [-0.05, 0) is 51.2 Å². The molecule has 2 amide bonds. The van der Waals surface area contributed by atoms with Gasteiger partial charge in [0.15, 0.2) is 0 Å². The van der Waals surface area contributed by atoms with Crippen LogP contribution < -0.4 is 10.6 Å². The summed E-state index contributed by atoms with van der Waals surface area (Å²) < 4.78 is 0. The van der Waals surface area contributed by atoms with Crippen molar-refractivity contribution >= 4 is 29.3 Å². The van der Waals surface area contributed by atoms with E-state index in [1.54, 1.807) is 6.07 Å². The molecule has 0 saturated carbocycles. The second kappa shape index (κ2) is 8.59. The van der Waals surface area contributed by atoms with Crippen molar-refractivity contribution in [3.05, 3.63) is 59.7 Å². The second-order valence-corrected chi connectivity index (χ2v) is 8.36. The van der Waals surface area contributed by atoms with Crippen molar-refractivity contribution < 1.29 is 9.59 Å². The standard InChI is InChI=1S/C21H25N3O2S/c1-14-20(25)23-18-12-16(9-10-19(18)27-14)21(26)22-13-17(24(2)3)11-15-7-5-4-6-8-15/h4-10,12,14,17H,11,13H2,1-3H3,(H,22,26)(H,23,25). The van der Waals surface area contributed by atoms with Crippen LogP contribution >= 0.6 is 11.8 Å². The zero-order valence-electron chi connectivity index (χ0n) is 15.9. The Kier molecular flexibility index (Phi) is 6.19. The number of rotatable bonds is 6. The van der Waals surface area contributed by atoms with E-state index in [9.17, 15) is 9.59 Å². The lowest BCUT2D eigenvalue weighted by atomic mass is 10.0. The fraction of sp³-hybridized carbons (Fsp3) is 0.333. The molecule has 1 aliphatic rings. The first-order valence-corrected chi connectivity index (χ1v) is 9.92. The van der Waals surface area contributed by atoms with Crippen LogP contribution in [0.4, 0.5) is 5.69 Å². The highest BCUT2D eigenvalue weighted by atomic mass is 32.2. The van der Waals surface area contributed by atoms with E-state index in [2.05, 4.69) is 27.7 Å². The maximum absolute atomic E-state index is 12.6. The first-order chi connectivity index (χ1) is 12.9. The number of anilines is 1. The number of hydrogen-bond donors (Lipinski definition) is 2. The Morgan fingerprint density at radius 2 is 1.96 bits per heavy atom. The summed E-state index contributed by atoms with van der Waals surface area (Å²) >= 11 is 1.51. The first kappa shape index (κ1) is 19.5. The Hall–Kier alpha value is -2.31. The van der Waals surface area contributed by atoms with Crippen molar-refractivity contribution in [3.63, 3.8) is 0 Å². The molecule has 0 bridgehead atoms. The fourth-order valence-corrected chi connectivity index (χ4v) is 3.92. The Bertz CT molecular complexity index is 823. The Balaban J connectivity index is 1.64. The normalized spacial score (nSPS) is 17.2. The third kappa shape index (κ3) is 4.90. The third-order valence-electron chi connectivity index (χ3n) is 4.72. The van der Waals surface area contributed by atoms with Gasteiger partial charge in [0.2, 0.25) is 5.91 Å². The van der Waals surface area contributed by atoms with E-state index in [4.69, 9.17) is 0 Å². The largest absolute Gasteiger partial charge is 0.350 e. The molecule has 2 aromatic rings. The average Bonchev–Trinajstić information content (AvgIpc) is 2.66. The molecule has 1 aliphatic heterocycles. The summed E-state index contributed by atoms with van der Waals surface area (Å²) in [4.78, 5) is 27.6. The number of fused-ring (bicyclic) bond motifs is 1. The molecule has 6 heteroatoms. The lowest BCUT2D eigenvalue weighted by molar-refractivity contribution is -0.115. The van der Waals surface area contributed by atoms with Gasteiger partial charge in [0.25, 0.3) is 5.91 Å². The summed E-state index contributed by atoms with van der Waals surface area (Å²) in [5.41, 5.74) is 2.51. The maximum Gasteiger partial charge on any atom is 0.251 e. The van der Waals surface area contributed by atoms with Crippen LogP contribution in [0.3, 0.4) is 0 Å². The van der Waals surface area contributed by atoms with Crippen LogP contribution in [-0.2, 0) is 11.2 Å². The minimum atomic E-state index is -0.129. The van der Waals surface area contributed by atoms with E-state index in [0.717, 1.165) is 11.3 Å². The lowest BCUT2D eigenvalue weighted by Gasteiger charge is -2.25. The first-order valence-electron chi connectivity index (χ1n) is 9.04.